The van der Waals surface area contributed by atoms with Crippen molar-refractivity contribution in [1.29, 1.82) is 0 Å². The van der Waals surface area contributed by atoms with E-state index in [2.05, 4.69) is 5.32 Å². The zero-order valence-corrected chi connectivity index (χ0v) is 10.6. The van der Waals surface area contributed by atoms with E-state index in [9.17, 15) is 9.18 Å². The number of nitrogen functional groups attached to an aromatic ring is 1. The maximum Gasteiger partial charge on any atom is 0.255 e. The lowest BCUT2D eigenvalue weighted by atomic mass is 10.1. The summed E-state index contributed by atoms with van der Waals surface area (Å²) in [7, 11) is 0. The summed E-state index contributed by atoms with van der Waals surface area (Å²) in [4.78, 5) is 12.0. The highest BCUT2D eigenvalue weighted by Crippen LogP contribution is 2.16. The van der Waals surface area contributed by atoms with Crippen LogP contribution in [0.5, 0.6) is 0 Å². The fraction of sp³-hybridized carbons (Fsp3) is 0.133. The Labute approximate surface area is 111 Å². The first kappa shape index (κ1) is 13.1. The second-order valence-electron chi connectivity index (χ2n) is 4.28. The average Bonchev–Trinajstić information content (AvgIpc) is 2.37. The van der Waals surface area contributed by atoms with E-state index in [1.165, 1.54) is 18.2 Å². The van der Waals surface area contributed by atoms with Gasteiger partial charge in [0.25, 0.3) is 5.91 Å². The van der Waals surface area contributed by atoms with Crippen molar-refractivity contribution in [3.05, 3.63) is 59.4 Å². The molecule has 0 fully saturated rings. The minimum atomic E-state index is -0.475. The molecule has 2 aromatic rings. The predicted octanol–water partition coefficient (Wildman–Crippen LogP) is 3.22. The molecule has 0 spiro atoms. The Balaban J connectivity index is 2.15. The van der Waals surface area contributed by atoms with Crippen molar-refractivity contribution in [3.8, 4) is 0 Å². The Bertz CT molecular complexity index is 573. The summed E-state index contributed by atoms with van der Waals surface area (Å²) in [5.74, 6) is -0.760. The fourth-order valence-corrected chi connectivity index (χ4v) is 1.78. The highest BCUT2D eigenvalue weighted by molar-refractivity contribution is 6.04. The first-order valence-corrected chi connectivity index (χ1v) is 6.05. The quantitative estimate of drug-likeness (QED) is 0.830. The summed E-state index contributed by atoms with van der Waals surface area (Å²) in [6, 6.07) is 11.2. The average molecular weight is 258 g/mol. The number of anilines is 2. The Morgan fingerprint density at radius 1 is 1.21 bits per heavy atom. The first-order valence-electron chi connectivity index (χ1n) is 6.05. The van der Waals surface area contributed by atoms with Crippen molar-refractivity contribution in [2.24, 2.45) is 0 Å². The zero-order chi connectivity index (χ0) is 13.8. The molecule has 4 heteroatoms. The van der Waals surface area contributed by atoms with Gasteiger partial charge in [0.2, 0.25) is 0 Å². The molecule has 3 nitrogen and oxygen atoms in total. The van der Waals surface area contributed by atoms with Crippen molar-refractivity contribution < 1.29 is 9.18 Å². The number of benzene rings is 2. The van der Waals surface area contributed by atoms with Crippen LogP contribution in [-0.2, 0) is 6.42 Å². The molecule has 0 aromatic heterocycles. The summed E-state index contributed by atoms with van der Waals surface area (Å²) in [6.07, 6.45) is 0.919. The number of aryl methyl sites for hydroxylation is 1. The van der Waals surface area contributed by atoms with Gasteiger partial charge in [0.1, 0.15) is 5.82 Å². The Kier molecular flexibility index (Phi) is 3.80. The molecule has 3 N–H and O–H groups in total. The molecule has 0 aliphatic rings. The Morgan fingerprint density at radius 2 is 1.89 bits per heavy atom. The highest BCUT2D eigenvalue weighted by atomic mass is 19.1. The van der Waals surface area contributed by atoms with Gasteiger partial charge in [-0.25, -0.2) is 4.39 Å². The Hall–Kier alpha value is -2.36. The molecular weight excluding hydrogens is 243 g/mol. The van der Waals surface area contributed by atoms with E-state index in [4.69, 9.17) is 5.73 Å². The van der Waals surface area contributed by atoms with Crippen LogP contribution in [0, 0.1) is 5.82 Å². The summed E-state index contributed by atoms with van der Waals surface area (Å²) in [6.45, 7) is 2.05. The fourth-order valence-electron chi connectivity index (χ4n) is 1.78. The number of amides is 1. The molecule has 0 unspecified atom stereocenters. The minimum absolute atomic E-state index is 0.275. The summed E-state index contributed by atoms with van der Waals surface area (Å²) >= 11 is 0. The monoisotopic (exact) mass is 258 g/mol. The lowest BCUT2D eigenvalue weighted by Crippen LogP contribution is -2.12. The van der Waals surface area contributed by atoms with Crippen LogP contribution in [0.3, 0.4) is 0 Å². The van der Waals surface area contributed by atoms with Crippen molar-refractivity contribution in [1.82, 2.24) is 0 Å². The van der Waals surface area contributed by atoms with Crippen molar-refractivity contribution in [2.75, 3.05) is 11.1 Å². The van der Waals surface area contributed by atoms with Gasteiger partial charge in [0, 0.05) is 16.9 Å². The minimum Gasteiger partial charge on any atom is -0.399 e. The number of nitrogens with two attached hydrogens (primary N) is 1. The van der Waals surface area contributed by atoms with E-state index in [-0.39, 0.29) is 11.6 Å². The van der Waals surface area contributed by atoms with Crippen LogP contribution in [0.25, 0.3) is 0 Å². The second kappa shape index (κ2) is 5.52. The van der Waals surface area contributed by atoms with E-state index < -0.39 is 5.82 Å². The molecule has 19 heavy (non-hydrogen) atoms. The molecule has 0 radical (unpaired) electrons. The first-order chi connectivity index (χ1) is 9.08. The molecule has 0 saturated heterocycles. The number of nitrogens with one attached hydrogen (secondary N) is 1. The molecule has 1 amide bonds. The standard InChI is InChI=1S/C15H15FN2O/c1-2-10-3-5-11(6-4-10)15(19)18-14-8-12(16)7-13(17)9-14/h3-9H,2,17H2,1H3,(H,18,19). The van der Waals surface area contributed by atoms with Crippen LogP contribution in [0.2, 0.25) is 0 Å². The van der Waals surface area contributed by atoms with Gasteiger partial charge in [-0.1, -0.05) is 19.1 Å². The van der Waals surface area contributed by atoms with Crippen LogP contribution in [0.4, 0.5) is 15.8 Å². The molecule has 0 aliphatic heterocycles. The number of halogens is 1. The van der Waals surface area contributed by atoms with E-state index in [0.29, 0.717) is 11.3 Å². The zero-order valence-electron chi connectivity index (χ0n) is 10.6. The lowest BCUT2D eigenvalue weighted by Gasteiger charge is -2.07. The molecule has 0 aliphatic carbocycles. The van der Waals surface area contributed by atoms with Crippen LogP contribution in [0.15, 0.2) is 42.5 Å². The smallest absolute Gasteiger partial charge is 0.255 e. The largest absolute Gasteiger partial charge is 0.399 e. The number of hydrogen-bond acceptors (Lipinski definition) is 2. The van der Waals surface area contributed by atoms with Crippen LogP contribution < -0.4 is 11.1 Å². The third-order valence-corrected chi connectivity index (χ3v) is 2.80. The molecule has 0 bridgehead atoms. The van der Waals surface area contributed by atoms with Crippen LogP contribution in [0.1, 0.15) is 22.8 Å². The number of carbonyl (C=O) groups is 1. The third kappa shape index (κ3) is 3.31. The second-order valence-corrected chi connectivity index (χ2v) is 4.28. The topological polar surface area (TPSA) is 55.1 Å². The normalized spacial score (nSPS) is 10.2. The molecule has 0 atom stereocenters. The molecule has 2 rings (SSSR count). The SMILES string of the molecule is CCc1ccc(C(=O)Nc2cc(N)cc(F)c2)cc1. The number of carbonyl (C=O) groups excluding carboxylic acids is 1. The van der Waals surface area contributed by atoms with Gasteiger partial charge in [-0.3, -0.25) is 4.79 Å². The lowest BCUT2D eigenvalue weighted by molar-refractivity contribution is 0.102. The predicted molar refractivity (Wildman–Crippen MR) is 74.6 cm³/mol. The van der Waals surface area contributed by atoms with Crippen molar-refractivity contribution in [3.63, 3.8) is 0 Å². The van der Waals surface area contributed by atoms with E-state index >= 15 is 0 Å². The maximum atomic E-state index is 13.1. The summed E-state index contributed by atoms with van der Waals surface area (Å²) < 4.78 is 13.1. The van der Waals surface area contributed by atoms with E-state index in [0.717, 1.165) is 12.0 Å². The molecule has 0 heterocycles. The maximum absolute atomic E-state index is 13.1. The van der Waals surface area contributed by atoms with Crippen molar-refractivity contribution in [2.45, 2.75) is 13.3 Å². The van der Waals surface area contributed by atoms with Gasteiger partial charge in [-0.2, -0.15) is 0 Å². The summed E-state index contributed by atoms with van der Waals surface area (Å²) in [5.41, 5.74) is 7.83. The van der Waals surface area contributed by atoms with Gasteiger partial charge < -0.3 is 11.1 Å². The van der Waals surface area contributed by atoms with Gasteiger partial charge >= 0.3 is 0 Å². The van der Waals surface area contributed by atoms with Crippen LogP contribution in [-0.4, -0.2) is 5.91 Å². The molecule has 0 saturated carbocycles. The van der Waals surface area contributed by atoms with Gasteiger partial charge in [0.15, 0.2) is 0 Å². The Morgan fingerprint density at radius 3 is 2.47 bits per heavy atom. The van der Waals surface area contributed by atoms with Crippen LogP contribution >= 0.6 is 0 Å². The number of hydrogen-bond donors (Lipinski definition) is 2. The summed E-state index contributed by atoms with van der Waals surface area (Å²) in [5, 5.41) is 2.62. The van der Waals surface area contributed by atoms with Crippen molar-refractivity contribution >= 4 is 17.3 Å². The third-order valence-electron chi connectivity index (χ3n) is 2.80. The van der Waals surface area contributed by atoms with E-state index in [1.807, 2.05) is 19.1 Å². The van der Waals surface area contributed by atoms with E-state index in [1.54, 1.807) is 12.1 Å². The van der Waals surface area contributed by atoms with Gasteiger partial charge in [0.05, 0.1) is 0 Å². The molecule has 2 aromatic carbocycles. The number of rotatable bonds is 3. The van der Waals surface area contributed by atoms with Gasteiger partial charge in [-0.15, -0.1) is 0 Å². The molecular formula is C15H15FN2O. The molecule has 98 valence electrons. The highest BCUT2D eigenvalue weighted by Gasteiger charge is 2.07. The van der Waals surface area contributed by atoms with Gasteiger partial charge in [-0.05, 0) is 42.3 Å².